The molecule has 0 fully saturated rings. The normalized spacial score (nSPS) is 13.2. The van der Waals surface area contributed by atoms with Gasteiger partial charge >= 0.3 is 0 Å². The lowest BCUT2D eigenvalue weighted by atomic mass is 9.88. The van der Waals surface area contributed by atoms with Crippen LogP contribution in [0.15, 0.2) is 48.6 Å². The van der Waals surface area contributed by atoms with E-state index in [4.69, 9.17) is 0 Å². The van der Waals surface area contributed by atoms with Crippen molar-refractivity contribution in [1.29, 1.82) is 0 Å². The Labute approximate surface area is 144 Å². The molecule has 0 rings (SSSR count). The zero-order valence-electron chi connectivity index (χ0n) is 15.7. The van der Waals surface area contributed by atoms with Crippen LogP contribution in [0.2, 0.25) is 0 Å². The van der Waals surface area contributed by atoms with Gasteiger partial charge in [0, 0.05) is 11.8 Å². The molecule has 0 bridgehead atoms. The summed E-state index contributed by atoms with van der Waals surface area (Å²) < 4.78 is 0. The molecule has 1 nitrogen and oxygen atoms in total. The van der Waals surface area contributed by atoms with E-state index >= 15 is 0 Å². The van der Waals surface area contributed by atoms with E-state index < -0.39 is 0 Å². The van der Waals surface area contributed by atoms with Crippen molar-refractivity contribution in [3.05, 3.63) is 48.6 Å². The zero-order valence-corrected chi connectivity index (χ0v) is 15.7. The lowest BCUT2D eigenvalue weighted by Gasteiger charge is -2.15. The minimum atomic E-state index is -0.179. The highest BCUT2D eigenvalue weighted by Crippen LogP contribution is 2.18. The van der Waals surface area contributed by atoms with Crippen LogP contribution in [-0.4, -0.2) is 5.78 Å². The van der Waals surface area contributed by atoms with Gasteiger partial charge in [0.15, 0.2) is 0 Å². The first-order valence-corrected chi connectivity index (χ1v) is 9.11. The SMILES string of the molecule is CC/C=C\C/C=C\C/C=C\C/C=C\CCCCC(=O)C(C)(C)C. The minimum Gasteiger partial charge on any atom is -0.299 e. The maximum atomic E-state index is 11.8. The molecule has 0 aliphatic rings. The summed E-state index contributed by atoms with van der Waals surface area (Å²) in [6, 6.07) is 0. The van der Waals surface area contributed by atoms with Gasteiger partial charge in [0.25, 0.3) is 0 Å². The van der Waals surface area contributed by atoms with E-state index in [1.807, 2.05) is 20.8 Å². The fourth-order valence-electron chi connectivity index (χ4n) is 2.02. The molecule has 0 aliphatic heterocycles. The van der Waals surface area contributed by atoms with Gasteiger partial charge in [-0.25, -0.2) is 0 Å². The Morgan fingerprint density at radius 1 is 0.739 bits per heavy atom. The Hall–Kier alpha value is -1.37. The molecule has 0 unspecified atom stereocenters. The van der Waals surface area contributed by atoms with Crippen LogP contribution in [0.25, 0.3) is 0 Å². The third-order valence-corrected chi connectivity index (χ3v) is 3.58. The Kier molecular flexibility index (Phi) is 13.4. The van der Waals surface area contributed by atoms with Crippen molar-refractivity contribution in [3.63, 3.8) is 0 Å². The predicted molar refractivity (Wildman–Crippen MR) is 104 cm³/mol. The van der Waals surface area contributed by atoms with Gasteiger partial charge in [-0.2, -0.15) is 0 Å². The van der Waals surface area contributed by atoms with Crippen LogP contribution in [0.3, 0.4) is 0 Å². The number of hydrogen-bond donors (Lipinski definition) is 0. The molecule has 0 amide bonds. The maximum absolute atomic E-state index is 11.8. The highest BCUT2D eigenvalue weighted by atomic mass is 16.1. The molecule has 23 heavy (non-hydrogen) atoms. The van der Waals surface area contributed by atoms with Crippen molar-refractivity contribution < 1.29 is 4.79 Å². The minimum absolute atomic E-state index is 0.179. The average molecular weight is 317 g/mol. The van der Waals surface area contributed by atoms with Crippen LogP contribution in [0.5, 0.6) is 0 Å². The quantitative estimate of drug-likeness (QED) is 0.281. The highest BCUT2D eigenvalue weighted by molar-refractivity contribution is 5.83. The molecule has 0 heterocycles. The van der Waals surface area contributed by atoms with Gasteiger partial charge in [-0.15, -0.1) is 0 Å². The van der Waals surface area contributed by atoms with E-state index in [1.54, 1.807) is 0 Å². The van der Waals surface area contributed by atoms with Crippen molar-refractivity contribution in [1.82, 2.24) is 0 Å². The van der Waals surface area contributed by atoms with E-state index in [-0.39, 0.29) is 5.41 Å². The molecule has 0 aliphatic carbocycles. The topological polar surface area (TPSA) is 17.1 Å². The number of unbranched alkanes of at least 4 members (excludes halogenated alkanes) is 2. The molecule has 0 aromatic rings. The predicted octanol–water partition coefficient (Wildman–Crippen LogP) is 6.97. The summed E-state index contributed by atoms with van der Waals surface area (Å²) in [5, 5.41) is 0. The Bertz CT molecular complexity index is 402. The molecule has 130 valence electrons. The molecule has 0 atom stereocenters. The largest absolute Gasteiger partial charge is 0.299 e. The number of rotatable bonds is 12. The van der Waals surface area contributed by atoms with Crippen molar-refractivity contribution >= 4 is 5.78 Å². The zero-order chi connectivity index (χ0) is 17.4. The van der Waals surface area contributed by atoms with Gasteiger partial charge in [-0.1, -0.05) is 76.3 Å². The number of hydrogen-bond acceptors (Lipinski definition) is 1. The first-order valence-electron chi connectivity index (χ1n) is 9.11. The van der Waals surface area contributed by atoms with Gasteiger partial charge in [-0.05, 0) is 44.9 Å². The van der Waals surface area contributed by atoms with Gasteiger partial charge in [0.05, 0.1) is 0 Å². The molecule has 1 heteroatoms. The summed E-state index contributed by atoms with van der Waals surface area (Å²) in [6.07, 6.45) is 25.8. The number of Topliss-reactive ketones (excluding diaryl/α,β-unsaturated/α-hetero) is 1. The van der Waals surface area contributed by atoms with E-state index in [0.29, 0.717) is 5.78 Å². The highest BCUT2D eigenvalue weighted by Gasteiger charge is 2.19. The molecule has 0 saturated heterocycles. The molecule has 0 aromatic heterocycles. The van der Waals surface area contributed by atoms with E-state index in [1.165, 1.54) is 0 Å². The van der Waals surface area contributed by atoms with Crippen LogP contribution >= 0.6 is 0 Å². The van der Waals surface area contributed by atoms with Crippen molar-refractivity contribution in [2.45, 2.75) is 79.1 Å². The van der Waals surface area contributed by atoms with Crippen LogP contribution in [0.1, 0.15) is 79.1 Å². The Balaban J connectivity index is 3.52. The molecule has 0 N–H and O–H groups in total. The van der Waals surface area contributed by atoms with Crippen molar-refractivity contribution in [3.8, 4) is 0 Å². The monoisotopic (exact) mass is 316 g/mol. The fraction of sp³-hybridized carbons (Fsp3) is 0.591. The molecule has 0 aromatic carbocycles. The van der Waals surface area contributed by atoms with E-state index in [0.717, 1.165) is 51.4 Å². The standard InChI is InChI=1S/C22H36O/c1-5-6-7-8-9-10-11-12-13-14-15-16-17-18-19-20-21(23)22(2,3)4/h6-7,9-10,12-13,15-16H,5,8,11,14,17-20H2,1-4H3/b7-6-,10-9-,13-12-,16-15-. The number of allylic oxidation sites excluding steroid dienone is 8. The average Bonchev–Trinajstić information content (AvgIpc) is 2.50. The lowest BCUT2D eigenvalue weighted by Crippen LogP contribution is -2.19. The van der Waals surface area contributed by atoms with Gasteiger partial charge in [0.1, 0.15) is 5.78 Å². The fourth-order valence-corrected chi connectivity index (χ4v) is 2.02. The summed E-state index contributed by atoms with van der Waals surface area (Å²) in [6.45, 7) is 8.15. The summed E-state index contributed by atoms with van der Waals surface area (Å²) >= 11 is 0. The summed E-state index contributed by atoms with van der Waals surface area (Å²) in [7, 11) is 0. The van der Waals surface area contributed by atoms with Gasteiger partial charge in [0.2, 0.25) is 0 Å². The summed E-state index contributed by atoms with van der Waals surface area (Å²) in [4.78, 5) is 11.8. The van der Waals surface area contributed by atoms with Gasteiger partial charge in [-0.3, -0.25) is 4.79 Å². The summed E-state index contributed by atoms with van der Waals surface area (Å²) in [5.41, 5.74) is -0.179. The van der Waals surface area contributed by atoms with Crippen LogP contribution in [0.4, 0.5) is 0 Å². The number of carbonyl (C=O) groups is 1. The van der Waals surface area contributed by atoms with Crippen LogP contribution in [0, 0.1) is 5.41 Å². The smallest absolute Gasteiger partial charge is 0.138 e. The molecular formula is C22H36O. The van der Waals surface area contributed by atoms with E-state index in [2.05, 4.69) is 55.5 Å². The second kappa shape index (κ2) is 14.2. The van der Waals surface area contributed by atoms with Gasteiger partial charge < -0.3 is 0 Å². The van der Waals surface area contributed by atoms with Crippen LogP contribution < -0.4 is 0 Å². The Morgan fingerprint density at radius 2 is 1.22 bits per heavy atom. The summed E-state index contributed by atoms with van der Waals surface area (Å²) in [5.74, 6) is 0.377. The second-order valence-electron chi connectivity index (χ2n) is 6.92. The second-order valence-corrected chi connectivity index (χ2v) is 6.92. The lowest BCUT2D eigenvalue weighted by molar-refractivity contribution is -0.126. The van der Waals surface area contributed by atoms with Crippen molar-refractivity contribution in [2.24, 2.45) is 5.41 Å². The molecular weight excluding hydrogens is 280 g/mol. The third-order valence-electron chi connectivity index (χ3n) is 3.58. The maximum Gasteiger partial charge on any atom is 0.138 e. The number of carbonyl (C=O) groups excluding carboxylic acids is 1. The number of ketones is 1. The first kappa shape index (κ1) is 21.6. The van der Waals surface area contributed by atoms with E-state index in [9.17, 15) is 4.79 Å². The molecule has 0 radical (unpaired) electrons. The molecule has 0 spiro atoms. The van der Waals surface area contributed by atoms with Crippen molar-refractivity contribution in [2.75, 3.05) is 0 Å². The Morgan fingerprint density at radius 3 is 1.70 bits per heavy atom. The third kappa shape index (κ3) is 15.3. The van der Waals surface area contributed by atoms with Crippen LogP contribution in [-0.2, 0) is 4.79 Å². The molecule has 0 saturated carbocycles. The first-order chi connectivity index (χ1) is 11.0.